The van der Waals surface area contributed by atoms with E-state index in [0.717, 1.165) is 0 Å². The van der Waals surface area contributed by atoms with E-state index in [1.807, 2.05) is 0 Å². The van der Waals surface area contributed by atoms with E-state index in [0.29, 0.717) is 39.0 Å². The van der Waals surface area contributed by atoms with E-state index in [1.54, 1.807) is 66.7 Å². The summed E-state index contributed by atoms with van der Waals surface area (Å²) in [5.74, 6) is -0.318. The summed E-state index contributed by atoms with van der Waals surface area (Å²) in [5, 5.41) is 0.423. The number of rotatable bonds is 3. The molecule has 0 amide bonds. The van der Waals surface area contributed by atoms with Gasteiger partial charge in [-0.2, -0.15) is 0 Å². The summed E-state index contributed by atoms with van der Waals surface area (Å²) in [6.07, 6.45) is 0. The van der Waals surface area contributed by atoms with Crippen molar-refractivity contribution in [2.75, 3.05) is 7.11 Å². The molecule has 1 aromatic heterocycles. The van der Waals surface area contributed by atoms with Gasteiger partial charge in [-0.25, -0.2) is 4.79 Å². The Kier molecular flexibility index (Phi) is 3.71. The normalized spacial score (nSPS) is 12.0. The zero-order valence-electron chi connectivity index (χ0n) is 15.4. The largest absolute Gasteiger partial charge is 0.496 e. The molecule has 1 aliphatic rings. The van der Waals surface area contributed by atoms with Crippen molar-refractivity contribution in [3.63, 3.8) is 0 Å². The van der Waals surface area contributed by atoms with Gasteiger partial charge in [0.25, 0.3) is 0 Å². The van der Waals surface area contributed by atoms with Gasteiger partial charge in [-0.3, -0.25) is 9.59 Å². The lowest BCUT2D eigenvalue weighted by Crippen LogP contribution is -2.21. The minimum absolute atomic E-state index is 0.0850. The van der Waals surface area contributed by atoms with Crippen LogP contribution in [0.1, 0.15) is 31.8 Å². The molecule has 0 fully saturated rings. The van der Waals surface area contributed by atoms with Gasteiger partial charge in [0.15, 0.2) is 5.78 Å². The first kappa shape index (κ1) is 17.1. The minimum Gasteiger partial charge on any atom is -0.496 e. The summed E-state index contributed by atoms with van der Waals surface area (Å²) in [7, 11) is 1.47. The van der Waals surface area contributed by atoms with Gasteiger partial charge in [0.2, 0.25) is 5.78 Å². The van der Waals surface area contributed by atoms with Gasteiger partial charge >= 0.3 is 5.63 Å². The fourth-order valence-electron chi connectivity index (χ4n) is 3.91. The van der Waals surface area contributed by atoms with Crippen molar-refractivity contribution in [3.8, 4) is 16.9 Å². The van der Waals surface area contributed by atoms with Crippen molar-refractivity contribution in [1.82, 2.24) is 0 Å². The molecule has 0 saturated carbocycles. The van der Waals surface area contributed by atoms with Crippen LogP contribution in [0.25, 0.3) is 22.1 Å². The molecule has 5 rings (SSSR count). The lowest BCUT2D eigenvalue weighted by atomic mass is 9.81. The molecule has 0 spiro atoms. The second-order valence-corrected chi connectivity index (χ2v) is 6.73. The van der Waals surface area contributed by atoms with Crippen LogP contribution in [0.4, 0.5) is 0 Å². The minimum atomic E-state index is -0.735. The third-order valence-electron chi connectivity index (χ3n) is 5.19. The molecule has 4 aromatic rings. The summed E-state index contributed by atoms with van der Waals surface area (Å²) < 4.78 is 10.9. The van der Waals surface area contributed by atoms with Gasteiger partial charge in [0, 0.05) is 22.1 Å². The highest BCUT2D eigenvalue weighted by molar-refractivity contribution is 6.29. The van der Waals surface area contributed by atoms with Crippen molar-refractivity contribution in [3.05, 3.63) is 99.4 Å². The number of hydrogen-bond acceptors (Lipinski definition) is 5. The van der Waals surface area contributed by atoms with Crippen LogP contribution in [-0.4, -0.2) is 18.7 Å². The van der Waals surface area contributed by atoms with Crippen molar-refractivity contribution in [2.24, 2.45) is 0 Å². The molecule has 0 atom stereocenters. The number of fused-ring (bicyclic) bond motifs is 2. The van der Waals surface area contributed by atoms with Crippen LogP contribution < -0.4 is 10.4 Å². The SMILES string of the molecule is COc1ccc2oc(=O)c(C(=O)c3ccccc3)c3c2c1C(=O)c1ccccc1-3. The second kappa shape index (κ2) is 6.27. The topological polar surface area (TPSA) is 73.6 Å². The maximum atomic E-state index is 13.3. The number of hydrogen-bond donors (Lipinski definition) is 0. The summed E-state index contributed by atoms with van der Waals surface area (Å²) in [5.41, 5.74) is 1.45. The third kappa shape index (κ3) is 2.37. The first-order valence-corrected chi connectivity index (χ1v) is 9.03. The first-order valence-electron chi connectivity index (χ1n) is 9.03. The van der Waals surface area contributed by atoms with Crippen LogP contribution >= 0.6 is 0 Å². The summed E-state index contributed by atoms with van der Waals surface area (Å²) >= 11 is 0. The van der Waals surface area contributed by atoms with Gasteiger partial charge < -0.3 is 9.15 Å². The van der Waals surface area contributed by atoms with Gasteiger partial charge in [-0.15, -0.1) is 0 Å². The van der Waals surface area contributed by atoms with Crippen LogP contribution in [-0.2, 0) is 0 Å². The maximum absolute atomic E-state index is 13.3. The molecule has 3 aromatic carbocycles. The number of methoxy groups -OCH3 is 1. The van der Waals surface area contributed by atoms with Crippen molar-refractivity contribution < 1.29 is 18.7 Å². The Labute approximate surface area is 165 Å². The molecule has 0 saturated heterocycles. The lowest BCUT2D eigenvalue weighted by Gasteiger charge is -2.22. The van der Waals surface area contributed by atoms with Crippen molar-refractivity contribution in [2.45, 2.75) is 0 Å². The van der Waals surface area contributed by atoms with Gasteiger partial charge in [0.1, 0.15) is 16.9 Å². The molecule has 1 heterocycles. The lowest BCUT2D eigenvalue weighted by molar-refractivity contribution is 0.102. The average Bonchev–Trinajstić information content (AvgIpc) is 2.76. The average molecular weight is 382 g/mol. The van der Waals surface area contributed by atoms with E-state index in [1.165, 1.54) is 7.11 Å². The first-order chi connectivity index (χ1) is 14.1. The highest BCUT2D eigenvalue weighted by Gasteiger charge is 2.34. The zero-order valence-corrected chi connectivity index (χ0v) is 15.4. The number of ether oxygens (including phenoxy) is 1. The Bertz CT molecular complexity index is 1380. The number of ketones is 2. The van der Waals surface area contributed by atoms with E-state index < -0.39 is 11.4 Å². The van der Waals surface area contributed by atoms with Crippen molar-refractivity contribution in [1.29, 1.82) is 0 Å². The third-order valence-corrected chi connectivity index (χ3v) is 5.19. The molecule has 1 aliphatic carbocycles. The van der Waals surface area contributed by atoms with Gasteiger partial charge in [0.05, 0.1) is 12.7 Å². The molecular weight excluding hydrogens is 368 g/mol. The number of carbonyl (C=O) groups is 2. The van der Waals surface area contributed by atoms with E-state index >= 15 is 0 Å². The zero-order chi connectivity index (χ0) is 20.1. The number of carbonyl (C=O) groups excluding carboxylic acids is 2. The summed E-state index contributed by atoms with van der Waals surface area (Å²) in [6.45, 7) is 0. The molecule has 0 bridgehead atoms. The molecule has 0 unspecified atom stereocenters. The van der Waals surface area contributed by atoms with E-state index in [9.17, 15) is 14.4 Å². The van der Waals surface area contributed by atoms with E-state index in [2.05, 4.69) is 0 Å². The smallest absolute Gasteiger partial charge is 0.348 e. The molecule has 140 valence electrons. The van der Waals surface area contributed by atoms with Crippen molar-refractivity contribution >= 4 is 22.5 Å². The van der Waals surface area contributed by atoms with Crippen LogP contribution in [0.2, 0.25) is 0 Å². The van der Waals surface area contributed by atoms with Crippen LogP contribution in [0, 0.1) is 0 Å². The van der Waals surface area contributed by atoms with E-state index in [4.69, 9.17) is 9.15 Å². The van der Waals surface area contributed by atoms with Crippen LogP contribution in [0.15, 0.2) is 75.9 Å². The predicted molar refractivity (Wildman–Crippen MR) is 108 cm³/mol. The molecule has 0 aliphatic heterocycles. The van der Waals surface area contributed by atoms with Gasteiger partial charge in [-0.1, -0.05) is 54.6 Å². The highest BCUT2D eigenvalue weighted by atomic mass is 16.5. The predicted octanol–water partition coefficient (Wildman–Crippen LogP) is 4.24. The summed E-state index contributed by atoms with van der Waals surface area (Å²) in [4.78, 5) is 39.4. The Balaban J connectivity index is 1.99. The van der Waals surface area contributed by atoms with Crippen LogP contribution in [0.5, 0.6) is 5.75 Å². The fourth-order valence-corrected chi connectivity index (χ4v) is 3.91. The summed E-state index contributed by atoms with van der Waals surface area (Å²) in [6, 6.07) is 18.7. The maximum Gasteiger partial charge on any atom is 0.348 e. The Morgan fingerprint density at radius 1 is 0.828 bits per heavy atom. The van der Waals surface area contributed by atoms with Gasteiger partial charge in [-0.05, 0) is 17.7 Å². The monoisotopic (exact) mass is 382 g/mol. The second-order valence-electron chi connectivity index (χ2n) is 6.73. The fraction of sp³-hybridized carbons (Fsp3) is 0.0417. The quantitative estimate of drug-likeness (QED) is 0.345. The van der Waals surface area contributed by atoms with Crippen LogP contribution in [0.3, 0.4) is 0 Å². The molecule has 0 N–H and O–H groups in total. The molecule has 0 radical (unpaired) electrons. The molecule has 29 heavy (non-hydrogen) atoms. The Morgan fingerprint density at radius 3 is 2.24 bits per heavy atom. The number of benzene rings is 3. The van der Waals surface area contributed by atoms with E-state index in [-0.39, 0.29) is 16.9 Å². The standard InChI is InChI=1S/C24H14O5/c1-28-16-11-12-17-19-18(14-9-5-6-10-15(14)23(26)20(16)19)21(24(27)29-17)22(25)13-7-3-2-4-8-13/h2-12H,1H3. The molecular formula is C24H14O5. The molecule has 5 heteroatoms. The Morgan fingerprint density at radius 2 is 1.52 bits per heavy atom. The Hall–Kier alpha value is -3.99. The highest BCUT2D eigenvalue weighted by Crippen LogP contribution is 2.44. The molecule has 5 nitrogen and oxygen atoms in total.